The lowest BCUT2D eigenvalue weighted by Crippen LogP contribution is -2.42. The van der Waals surface area contributed by atoms with E-state index in [-0.39, 0.29) is 11.8 Å². The Morgan fingerprint density at radius 2 is 1.65 bits per heavy atom. The van der Waals surface area contributed by atoms with Gasteiger partial charge in [-0.15, -0.1) is 0 Å². The van der Waals surface area contributed by atoms with Gasteiger partial charge >= 0.3 is 0 Å². The van der Waals surface area contributed by atoms with Crippen molar-refractivity contribution in [2.24, 2.45) is 13.0 Å². The van der Waals surface area contributed by atoms with Crippen molar-refractivity contribution >= 4 is 21.4 Å². The van der Waals surface area contributed by atoms with E-state index in [4.69, 9.17) is 5.10 Å². The molecule has 1 aromatic heterocycles. The first kappa shape index (κ1) is 28.6. The van der Waals surface area contributed by atoms with Gasteiger partial charge in [0.1, 0.15) is 0 Å². The molecule has 2 fully saturated rings. The first-order valence-electron chi connectivity index (χ1n) is 14.6. The van der Waals surface area contributed by atoms with Crippen LogP contribution in [0.2, 0.25) is 0 Å². The van der Waals surface area contributed by atoms with Crippen molar-refractivity contribution in [2.75, 3.05) is 37.8 Å². The van der Waals surface area contributed by atoms with Crippen molar-refractivity contribution in [3.05, 3.63) is 66.0 Å². The Kier molecular flexibility index (Phi) is 8.76. The predicted octanol–water partition coefficient (Wildman–Crippen LogP) is 5.46. The molecule has 214 valence electrons. The largest absolute Gasteiger partial charge is 0.312 e. The number of rotatable bonds is 11. The Morgan fingerprint density at radius 1 is 0.925 bits per heavy atom. The average Bonchev–Trinajstić information content (AvgIpc) is 3.73. The van der Waals surface area contributed by atoms with Crippen molar-refractivity contribution in [1.82, 2.24) is 14.7 Å². The fourth-order valence-electron chi connectivity index (χ4n) is 5.69. The number of piperidine rings is 1. The maximum atomic E-state index is 13.8. The summed E-state index contributed by atoms with van der Waals surface area (Å²) < 4.78 is 25.8. The lowest BCUT2D eigenvalue weighted by molar-refractivity contribution is -0.123. The van der Waals surface area contributed by atoms with Crippen LogP contribution in [0, 0.1) is 5.92 Å². The Labute approximate surface area is 239 Å². The van der Waals surface area contributed by atoms with Crippen LogP contribution in [0.25, 0.3) is 11.1 Å². The van der Waals surface area contributed by atoms with Gasteiger partial charge in [0.2, 0.25) is 5.91 Å². The standard InChI is InChI=1S/C32H42N4O3S/c1-34-20-17-26(18-21-34)32(37)36(19-6-4-5-9-28-23-31(25-11-12-25)33-35(28)2)29-10-7-8-27(22-29)24-13-15-30(16-14-24)40(3,38)39/h7-8,10,13-16,22-23,25-26H,4-6,9,11-12,17-21H2,1-3H3. The number of likely N-dealkylation sites (tertiary alicyclic amines) is 1. The zero-order valence-corrected chi connectivity index (χ0v) is 24.9. The zero-order chi connectivity index (χ0) is 28.3. The number of hydrogen-bond donors (Lipinski definition) is 0. The summed E-state index contributed by atoms with van der Waals surface area (Å²) in [5, 5.41) is 4.70. The first-order chi connectivity index (χ1) is 19.2. The minimum Gasteiger partial charge on any atom is -0.312 e. The summed E-state index contributed by atoms with van der Waals surface area (Å²) in [5.74, 6) is 0.940. The molecule has 0 bridgehead atoms. The molecule has 0 N–H and O–H groups in total. The molecular weight excluding hydrogens is 520 g/mol. The second-order valence-electron chi connectivity index (χ2n) is 11.7. The fourth-order valence-corrected chi connectivity index (χ4v) is 6.32. The molecule has 0 atom stereocenters. The van der Waals surface area contributed by atoms with E-state index in [0.717, 1.165) is 68.4 Å². The molecule has 2 aromatic carbocycles. The van der Waals surface area contributed by atoms with Crippen molar-refractivity contribution in [3.8, 4) is 11.1 Å². The summed E-state index contributed by atoms with van der Waals surface area (Å²) in [7, 11) is 0.917. The Hall–Kier alpha value is -2.97. The number of benzene rings is 2. The van der Waals surface area contributed by atoms with Gasteiger partial charge in [-0.2, -0.15) is 5.10 Å². The minimum absolute atomic E-state index is 0.0455. The summed E-state index contributed by atoms with van der Waals surface area (Å²) in [4.78, 5) is 18.4. The molecule has 1 aliphatic heterocycles. The monoisotopic (exact) mass is 562 g/mol. The van der Waals surface area contributed by atoms with E-state index in [2.05, 4.69) is 24.1 Å². The molecular formula is C32H42N4O3S. The normalized spacial score (nSPS) is 16.8. The van der Waals surface area contributed by atoms with Gasteiger partial charge in [-0.3, -0.25) is 9.48 Å². The lowest BCUT2D eigenvalue weighted by Gasteiger charge is -2.33. The summed E-state index contributed by atoms with van der Waals surface area (Å²) in [6.07, 6.45) is 9.62. The van der Waals surface area contributed by atoms with Crippen LogP contribution < -0.4 is 4.90 Å². The third kappa shape index (κ3) is 7.02. The molecule has 3 aromatic rings. The molecule has 0 unspecified atom stereocenters. The first-order valence-corrected chi connectivity index (χ1v) is 16.5. The highest BCUT2D eigenvalue weighted by molar-refractivity contribution is 7.90. The highest BCUT2D eigenvalue weighted by Crippen LogP contribution is 2.39. The predicted molar refractivity (Wildman–Crippen MR) is 160 cm³/mol. The van der Waals surface area contributed by atoms with Crippen molar-refractivity contribution in [3.63, 3.8) is 0 Å². The number of carbonyl (C=O) groups is 1. The number of aryl methyl sites for hydroxylation is 2. The molecule has 0 spiro atoms. The SMILES string of the molecule is CN1CCC(C(=O)N(CCCCCc2cc(C3CC3)nn2C)c2cccc(-c3ccc(S(C)(=O)=O)cc3)c2)CC1. The molecule has 8 heteroatoms. The van der Waals surface area contributed by atoms with Gasteiger partial charge in [0, 0.05) is 43.1 Å². The Balaban J connectivity index is 1.27. The third-order valence-corrected chi connectivity index (χ3v) is 9.54. The van der Waals surface area contributed by atoms with E-state index < -0.39 is 9.84 Å². The van der Waals surface area contributed by atoms with Crippen LogP contribution in [0.3, 0.4) is 0 Å². The smallest absolute Gasteiger partial charge is 0.230 e. The highest BCUT2D eigenvalue weighted by atomic mass is 32.2. The van der Waals surface area contributed by atoms with E-state index in [0.29, 0.717) is 17.4 Å². The molecule has 1 saturated heterocycles. The summed E-state index contributed by atoms with van der Waals surface area (Å²) in [6.45, 7) is 2.59. The van der Waals surface area contributed by atoms with E-state index in [1.807, 2.05) is 47.0 Å². The van der Waals surface area contributed by atoms with Crippen LogP contribution >= 0.6 is 0 Å². The van der Waals surface area contributed by atoms with Gasteiger partial charge < -0.3 is 9.80 Å². The number of anilines is 1. The zero-order valence-electron chi connectivity index (χ0n) is 24.1. The molecule has 1 amide bonds. The van der Waals surface area contributed by atoms with Crippen LogP contribution in [0.15, 0.2) is 59.5 Å². The number of unbranched alkanes of at least 4 members (excludes halogenated alkanes) is 2. The van der Waals surface area contributed by atoms with Crippen molar-refractivity contribution < 1.29 is 13.2 Å². The van der Waals surface area contributed by atoms with Gasteiger partial charge in [-0.05, 0) is 107 Å². The second kappa shape index (κ2) is 12.3. The van der Waals surface area contributed by atoms with Crippen molar-refractivity contribution in [2.45, 2.75) is 62.2 Å². The molecule has 1 saturated carbocycles. The number of hydrogen-bond acceptors (Lipinski definition) is 5. The number of amides is 1. The van der Waals surface area contributed by atoms with E-state index in [9.17, 15) is 13.2 Å². The van der Waals surface area contributed by atoms with Crippen molar-refractivity contribution in [1.29, 1.82) is 0 Å². The molecule has 0 radical (unpaired) electrons. The van der Waals surface area contributed by atoms with Crippen LogP contribution in [0.5, 0.6) is 0 Å². The van der Waals surface area contributed by atoms with E-state index >= 15 is 0 Å². The van der Waals surface area contributed by atoms with Crippen LogP contribution in [0.4, 0.5) is 5.69 Å². The number of nitrogens with zero attached hydrogens (tertiary/aromatic N) is 4. The maximum absolute atomic E-state index is 13.8. The maximum Gasteiger partial charge on any atom is 0.230 e. The fraction of sp³-hybridized carbons (Fsp3) is 0.500. The summed E-state index contributed by atoms with van der Waals surface area (Å²) >= 11 is 0. The minimum atomic E-state index is -3.25. The molecule has 7 nitrogen and oxygen atoms in total. The van der Waals surface area contributed by atoms with Crippen LogP contribution in [-0.2, 0) is 28.1 Å². The van der Waals surface area contributed by atoms with Gasteiger partial charge in [0.05, 0.1) is 10.6 Å². The van der Waals surface area contributed by atoms with E-state index in [1.165, 1.54) is 30.5 Å². The molecule has 40 heavy (non-hydrogen) atoms. The molecule has 2 heterocycles. The third-order valence-electron chi connectivity index (χ3n) is 8.41. The average molecular weight is 563 g/mol. The van der Waals surface area contributed by atoms with E-state index in [1.54, 1.807) is 12.1 Å². The number of aromatic nitrogens is 2. The Bertz CT molecular complexity index is 1420. The van der Waals surface area contributed by atoms with Gasteiger partial charge in [-0.25, -0.2) is 8.42 Å². The Morgan fingerprint density at radius 3 is 2.33 bits per heavy atom. The number of carbonyl (C=O) groups excluding carboxylic acids is 1. The highest BCUT2D eigenvalue weighted by Gasteiger charge is 2.29. The molecule has 1 aliphatic carbocycles. The lowest BCUT2D eigenvalue weighted by atomic mass is 9.95. The molecule has 2 aliphatic rings. The van der Waals surface area contributed by atoms with Gasteiger partial charge in [0.25, 0.3) is 0 Å². The van der Waals surface area contributed by atoms with Gasteiger partial charge in [0.15, 0.2) is 9.84 Å². The molecule has 5 rings (SSSR count). The quantitative estimate of drug-likeness (QED) is 0.290. The summed E-state index contributed by atoms with van der Waals surface area (Å²) in [5.41, 5.74) is 5.37. The summed E-state index contributed by atoms with van der Waals surface area (Å²) in [6, 6.07) is 17.3. The van der Waals surface area contributed by atoms with Crippen LogP contribution in [-0.4, -0.2) is 61.9 Å². The topological polar surface area (TPSA) is 75.5 Å². The number of sulfone groups is 1. The van der Waals surface area contributed by atoms with Gasteiger partial charge in [-0.1, -0.05) is 30.7 Å². The second-order valence-corrected chi connectivity index (χ2v) is 13.7. The van der Waals surface area contributed by atoms with Crippen LogP contribution in [0.1, 0.15) is 62.3 Å².